The lowest BCUT2D eigenvalue weighted by Crippen LogP contribution is -2.54. The van der Waals surface area contributed by atoms with Gasteiger partial charge < -0.3 is 20.3 Å². The normalized spacial score (nSPS) is 26.8. The summed E-state index contributed by atoms with van der Waals surface area (Å²) in [6, 6.07) is 27.9. The van der Waals surface area contributed by atoms with Crippen LogP contribution in [0.4, 0.5) is 0 Å². The average Bonchev–Trinajstić information content (AvgIpc) is 3.60. The first-order valence-corrected chi connectivity index (χ1v) is 12.9. The molecule has 5 atom stereocenters. The van der Waals surface area contributed by atoms with Crippen molar-refractivity contribution in [2.24, 2.45) is 11.8 Å². The second-order valence-corrected chi connectivity index (χ2v) is 10.1. The molecular formula is C31H29N3O4. The number of benzene rings is 3. The second-order valence-electron chi connectivity index (χ2n) is 10.1. The topological polar surface area (TPSA) is 87.7 Å². The number of rotatable bonds is 8. The van der Waals surface area contributed by atoms with Crippen LogP contribution in [-0.2, 0) is 38.8 Å². The van der Waals surface area contributed by atoms with Gasteiger partial charge in [0.2, 0.25) is 17.7 Å². The van der Waals surface area contributed by atoms with Gasteiger partial charge in [-0.15, -0.1) is 0 Å². The molecule has 3 amide bonds. The number of ether oxygens (including phenoxy) is 1. The van der Waals surface area contributed by atoms with Gasteiger partial charge in [0.05, 0.1) is 17.9 Å². The first-order chi connectivity index (χ1) is 18.6. The monoisotopic (exact) mass is 507 g/mol. The van der Waals surface area contributed by atoms with E-state index in [1.807, 2.05) is 103 Å². The zero-order valence-electron chi connectivity index (χ0n) is 20.8. The van der Waals surface area contributed by atoms with Crippen molar-refractivity contribution in [3.63, 3.8) is 0 Å². The van der Waals surface area contributed by atoms with E-state index < -0.39 is 29.6 Å². The van der Waals surface area contributed by atoms with Gasteiger partial charge in [0, 0.05) is 19.6 Å². The van der Waals surface area contributed by atoms with Crippen LogP contribution in [0.25, 0.3) is 0 Å². The minimum Gasteiger partial charge on any atom is -0.359 e. The fraction of sp³-hybridized carbons (Fsp3) is 0.258. The maximum atomic E-state index is 14.0. The SMILES string of the molecule is O=C(NCc1ccccc1)C1N(Cc2ccccc2)C(=O)[C@@H]2[C@H](C(=O)NCc3ccccc3)[C@H]3C=C[C@@]12O3. The molecule has 3 aromatic carbocycles. The number of likely N-dealkylation sites (tertiary alicyclic amines) is 1. The van der Waals surface area contributed by atoms with Crippen molar-refractivity contribution < 1.29 is 19.1 Å². The predicted octanol–water partition coefficient (Wildman–Crippen LogP) is 2.97. The van der Waals surface area contributed by atoms with Crippen molar-refractivity contribution in [3.05, 3.63) is 120 Å². The summed E-state index contributed by atoms with van der Waals surface area (Å²) in [5.41, 5.74) is 1.64. The highest BCUT2D eigenvalue weighted by atomic mass is 16.5. The van der Waals surface area contributed by atoms with Crippen LogP contribution < -0.4 is 10.6 Å². The van der Waals surface area contributed by atoms with Gasteiger partial charge in [-0.05, 0) is 16.7 Å². The Morgan fingerprint density at radius 1 is 0.763 bits per heavy atom. The second kappa shape index (κ2) is 9.91. The molecule has 1 unspecified atom stereocenters. The van der Waals surface area contributed by atoms with Crippen LogP contribution in [-0.4, -0.2) is 40.4 Å². The van der Waals surface area contributed by atoms with E-state index in [0.29, 0.717) is 13.1 Å². The van der Waals surface area contributed by atoms with E-state index in [1.54, 1.807) is 4.90 Å². The van der Waals surface area contributed by atoms with Crippen molar-refractivity contribution in [2.75, 3.05) is 0 Å². The third-order valence-electron chi connectivity index (χ3n) is 7.74. The van der Waals surface area contributed by atoms with Gasteiger partial charge in [0.25, 0.3) is 0 Å². The minimum atomic E-state index is -1.19. The number of carbonyl (C=O) groups excluding carboxylic acids is 3. The van der Waals surface area contributed by atoms with Crippen LogP contribution in [0.2, 0.25) is 0 Å². The zero-order valence-corrected chi connectivity index (χ0v) is 20.8. The highest BCUT2D eigenvalue weighted by Crippen LogP contribution is 2.55. The maximum absolute atomic E-state index is 14.0. The van der Waals surface area contributed by atoms with E-state index in [0.717, 1.165) is 16.7 Å². The molecule has 7 nitrogen and oxygen atoms in total. The van der Waals surface area contributed by atoms with Gasteiger partial charge in [-0.3, -0.25) is 14.4 Å². The molecule has 192 valence electrons. The van der Waals surface area contributed by atoms with Crippen LogP contribution in [0, 0.1) is 11.8 Å². The molecule has 7 heteroatoms. The fourth-order valence-electron chi connectivity index (χ4n) is 6.00. The van der Waals surface area contributed by atoms with Crippen LogP contribution >= 0.6 is 0 Å². The van der Waals surface area contributed by atoms with Crippen molar-refractivity contribution in [1.29, 1.82) is 0 Å². The Hall–Kier alpha value is -4.23. The van der Waals surface area contributed by atoms with Crippen LogP contribution in [0.15, 0.2) is 103 Å². The first-order valence-electron chi connectivity index (χ1n) is 12.9. The Morgan fingerprint density at radius 3 is 1.87 bits per heavy atom. The van der Waals surface area contributed by atoms with Gasteiger partial charge in [-0.1, -0.05) is 103 Å². The first kappa shape index (κ1) is 24.1. The van der Waals surface area contributed by atoms with E-state index in [4.69, 9.17) is 4.74 Å². The summed E-state index contributed by atoms with van der Waals surface area (Å²) in [6.45, 7) is 0.940. The van der Waals surface area contributed by atoms with Crippen molar-refractivity contribution in [1.82, 2.24) is 15.5 Å². The fourth-order valence-corrected chi connectivity index (χ4v) is 6.00. The Kier molecular flexibility index (Phi) is 6.29. The summed E-state index contributed by atoms with van der Waals surface area (Å²) >= 11 is 0. The molecule has 0 radical (unpaired) electrons. The van der Waals surface area contributed by atoms with Crippen LogP contribution in [0.1, 0.15) is 16.7 Å². The van der Waals surface area contributed by atoms with Crippen molar-refractivity contribution in [3.8, 4) is 0 Å². The molecule has 3 aromatic rings. The number of hydrogen-bond acceptors (Lipinski definition) is 4. The summed E-state index contributed by atoms with van der Waals surface area (Å²) < 4.78 is 6.40. The van der Waals surface area contributed by atoms with E-state index in [2.05, 4.69) is 10.6 Å². The largest absolute Gasteiger partial charge is 0.359 e. The zero-order chi connectivity index (χ0) is 26.1. The number of nitrogens with one attached hydrogen (secondary N) is 2. The summed E-state index contributed by atoms with van der Waals surface area (Å²) in [5, 5.41) is 6.00. The minimum absolute atomic E-state index is 0.236. The smallest absolute Gasteiger partial charge is 0.246 e. The van der Waals surface area contributed by atoms with Gasteiger partial charge in [-0.25, -0.2) is 0 Å². The molecule has 1 spiro atoms. The maximum Gasteiger partial charge on any atom is 0.246 e. The highest BCUT2D eigenvalue weighted by Gasteiger charge is 2.72. The Morgan fingerprint density at radius 2 is 1.29 bits per heavy atom. The van der Waals surface area contributed by atoms with E-state index >= 15 is 0 Å². The molecule has 6 rings (SSSR count). The van der Waals surface area contributed by atoms with Gasteiger partial charge in [-0.2, -0.15) is 0 Å². The molecule has 38 heavy (non-hydrogen) atoms. The Balaban J connectivity index is 1.28. The summed E-state index contributed by atoms with van der Waals surface area (Å²) in [7, 11) is 0. The number of amides is 3. The molecular weight excluding hydrogens is 478 g/mol. The van der Waals surface area contributed by atoms with E-state index in [9.17, 15) is 14.4 Å². The molecule has 2 fully saturated rings. The lowest BCUT2D eigenvalue weighted by atomic mass is 9.74. The molecule has 3 heterocycles. The number of fused-ring (bicyclic) bond motifs is 1. The molecule has 0 saturated carbocycles. The van der Waals surface area contributed by atoms with Crippen molar-refractivity contribution >= 4 is 17.7 Å². The molecule has 0 aromatic heterocycles. The Bertz CT molecular complexity index is 1360. The molecule has 2 saturated heterocycles. The Labute approximate surface area is 221 Å². The molecule has 2 bridgehead atoms. The quantitative estimate of drug-likeness (QED) is 0.459. The van der Waals surface area contributed by atoms with Gasteiger partial charge in [0.1, 0.15) is 11.6 Å². The number of hydrogen-bond donors (Lipinski definition) is 2. The lowest BCUT2D eigenvalue weighted by Gasteiger charge is -2.32. The van der Waals surface area contributed by atoms with Crippen LogP contribution in [0.5, 0.6) is 0 Å². The molecule has 2 N–H and O–H groups in total. The van der Waals surface area contributed by atoms with Crippen LogP contribution in [0.3, 0.4) is 0 Å². The van der Waals surface area contributed by atoms with E-state index in [1.165, 1.54) is 0 Å². The third kappa shape index (κ3) is 4.19. The van der Waals surface area contributed by atoms with E-state index in [-0.39, 0.29) is 24.3 Å². The van der Waals surface area contributed by atoms with Gasteiger partial charge >= 0.3 is 0 Å². The standard InChI is InChI=1S/C31H29N3O4/c35-28(32-18-21-10-4-1-5-11-21)25-24-16-17-31(38-24)26(25)30(37)34(20-23-14-8-3-9-15-23)27(31)29(36)33-19-22-12-6-2-7-13-22/h1-17,24-27H,18-20H2,(H,32,35)(H,33,36)/t24-,25-,26+,27?,31+/m1/s1. The molecule has 3 aliphatic rings. The number of carbonyl (C=O) groups is 3. The van der Waals surface area contributed by atoms with Gasteiger partial charge in [0.15, 0.2) is 0 Å². The highest BCUT2D eigenvalue weighted by molar-refractivity contribution is 5.99. The number of nitrogens with zero attached hydrogens (tertiary/aromatic N) is 1. The lowest BCUT2D eigenvalue weighted by molar-refractivity contribution is -0.142. The molecule has 3 aliphatic heterocycles. The summed E-state index contributed by atoms with van der Waals surface area (Å²) in [4.78, 5) is 42.8. The third-order valence-corrected chi connectivity index (χ3v) is 7.74. The summed E-state index contributed by atoms with van der Waals surface area (Å²) in [5.74, 6) is -2.25. The van der Waals surface area contributed by atoms with Crippen molar-refractivity contribution in [2.45, 2.75) is 37.4 Å². The molecule has 0 aliphatic carbocycles. The predicted molar refractivity (Wildman–Crippen MR) is 141 cm³/mol. The summed E-state index contributed by atoms with van der Waals surface area (Å²) in [6.07, 6.45) is 3.11. The average molecular weight is 508 g/mol.